The number of carbonyl (C=O) groups excluding carboxylic acids is 2. The number of nitrogens with one attached hydrogen (secondary N) is 3. The number of carbonyl (C=O) groups is 2. The quantitative estimate of drug-likeness (QED) is 0.320. The maximum Gasteiger partial charge on any atom is 0.251 e. The van der Waals surface area contributed by atoms with Crippen LogP contribution in [0.25, 0.3) is 10.8 Å². The molecule has 0 saturated carbocycles. The number of fused-ring (bicyclic) bond motifs is 1. The van der Waals surface area contributed by atoms with Crippen LogP contribution in [0.4, 0.5) is 5.69 Å². The maximum absolute atomic E-state index is 13.4. The van der Waals surface area contributed by atoms with Gasteiger partial charge in [0.15, 0.2) is 9.84 Å². The van der Waals surface area contributed by atoms with Crippen molar-refractivity contribution >= 4 is 38.1 Å². The molecule has 8 nitrogen and oxygen atoms in total. The minimum atomic E-state index is -3.57. The fourth-order valence-corrected chi connectivity index (χ4v) is 6.28. The molecule has 0 spiro atoms. The summed E-state index contributed by atoms with van der Waals surface area (Å²) < 4.78 is 26.4. The Balaban J connectivity index is 1.65. The Hall–Kier alpha value is -3.98. The van der Waals surface area contributed by atoms with Crippen LogP contribution in [-0.4, -0.2) is 42.0 Å². The lowest BCUT2D eigenvalue weighted by atomic mass is 10.0. The van der Waals surface area contributed by atoms with E-state index in [9.17, 15) is 18.0 Å². The van der Waals surface area contributed by atoms with E-state index in [0.29, 0.717) is 27.7 Å². The molecule has 2 amide bonds. The number of aromatic nitrogens is 2. The summed E-state index contributed by atoms with van der Waals surface area (Å²) in [7, 11) is -3.57. The van der Waals surface area contributed by atoms with E-state index in [1.54, 1.807) is 66.9 Å². The first kappa shape index (κ1) is 26.1. The van der Waals surface area contributed by atoms with E-state index < -0.39 is 27.2 Å². The normalized spacial score (nSPS) is 12.7. The highest BCUT2D eigenvalue weighted by Gasteiger charge is 2.27. The Kier molecular flexibility index (Phi) is 7.45. The van der Waals surface area contributed by atoms with Gasteiger partial charge in [-0.1, -0.05) is 63.2 Å². The van der Waals surface area contributed by atoms with Gasteiger partial charge < -0.3 is 15.6 Å². The number of benzene rings is 3. The molecule has 1 atom stereocenters. The number of sulfone groups is 1. The van der Waals surface area contributed by atoms with Crippen molar-refractivity contribution in [2.24, 2.45) is 5.41 Å². The van der Waals surface area contributed by atoms with Crippen LogP contribution in [0, 0.1) is 5.41 Å². The zero-order chi connectivity index (χ0) is 26.6. The van der Waals surface area contributed by atoms with E-state index in [0.717, 1.165) is 0 Å². The minimum Gasteiger partial charge on any atom is -0.348 e. The van der Waals surface area contributed by atoms with E-state index in [1.165, 1.54) is 6.33 Å². The molecule has 0 bridgehead atoms. The predicted octanol–water partition coefficient (Wildman–Crippen LogP) is 4.36. The van der Waals surface area contributed by atoms with Crippen LogP contribution in [0.5, 0.6) is 0 Å². The van der Waals surface area contributed by atoms with Crippen molar-refractivity contribution in [1.82, 2.24) is 15.3 Å². The smallest absolute Gasteiger partial charge is 0.251 e. The Morgan fingerprint density at radius 3 is 2.32 bits per heavy atom. The fourth-order valence-electron chi connectivity index (χ4n) is 4.19. The van der Waals surface area contributed by atoms with Crippen LogP contribution in [0.2, 0.25) is 0 Å². The van der Waals surface area contributed by atoms with Gasteiger partial charge in [-0.15, -0.1) is 0 Å². The van der Waals surface area contributed by atoms with Gasteiger partial charge in [0.1, 0.15) is 6.04 Å². The van der Waals surface area contributed by atoms with Gasteiger partial charge in [0.25, 0.3) is 5.91 Å². The van der Waals surface area contributed by atoms with Crippen molar-refractivity contribution < 1.29 is 18.0 Å². The van der Waals surface area contributed by atoms with Crippen LogP contribution in [0.3, 0.4) is 0 Å². The van der Waals surface area contributed by atoms with Crippen LogP contribution in [-0.2, 0) is 21.1 Å². The van der Waals surface area contributed by atoms with E-state index in [-0.39, 0.29) is 23.0 Å². The lowest BCUT2D eigenvalue weighted by Crippen LogP contribution is -2.45. The third kappa shape index (κ3) is 6.42. The fraction of sp³-hybridized carbons (Fsp3) is 0.250. The number of hydrogen-bond donors (Lipinski definition) is 3. The number of rotatable bonds is 8. The van der Waals surface area contributed by atoms with Crippen molar-refractivity contribution in [3.63, 3.8) is 0 Å². The molecule has 1 aromatic heterocycles. The minimum absolute atomic E-state index is 0.00647. The molecule has 0 saturated heterocycles. The molecule has 0 unspecified atom stereocenters. The summed E-state index contributed by atoms with van der Waals surface area (Å²) in [6.45, 7) is 5.64. The van der Waals surface area contributed by atoms with Crippen molar-refractivity contribution in [3.8, 4) is 0 Å². The lowest BCUT2D eigenvalue weighted by molar-refractivity contribution is -0.118. The number of hydrogen-bond acceptors (Lipinski definition) is 5. The summed E-state index contributed by atoms with van der Waals surface area (Å²) >= 11 is 0. The van der Waals surface area contributed by atoms with Crippen molar-refractivity contribution in [2.75, 3.05) is 11.1 Å². The number of aromatic amines is 1. The zero-order valence-electron chi connectivity index (χ0n) is 21.0. The molecule has 1 heterocycles. The standard InChI is InChI=1S/C28H30N4O4S/c1-28(2,3)17-37(35,36)25-14-8-11-21-22(25)12-7-13-23(21)31-27(34)24(15-20-16-29-18-30-20)32-26(33)19-9-5-4-6-10-19/h4-14,16,18,24H,15,17H2,1-3H3,(H,29,30)(H,31,34)(H,32,33)/t24-/m0/s1. The highest BCUT2D eigenvalue weighted by atomic mass is 32.2. The highest BCUT2D eigenvalue weighted by Crippen LogP contribution is 2.31. The van der Waals surface area contributed by atoms with Gasteiger partial charge in [-0.25, -0.2) is 13.4 Å². The Bertz CT molecular complexity index is 1510. The molecule has 0 aliphatic carbocycles. The van der Waals surface area contributed by atoms with E-state index in [1.807, 2.05) is 26.8 Å². The number of nitrogens with zero attached hydrogens (tertiary/aromatic N) is 1. The molecule has 4 rings (SSSR count). The summed E-state index contributed by atoms with van der Waals surface area (Å²) in [5, 5.41) is 6.83. The van der Waals surface area contributed by atoms with Gasteiger partial charge in [0.05, 0.1) is 17.0 Å². The summed E-state index contributed by atoms with van der Waals surface area (Å²) in [4.78, 5) is 33.5. The van der Waals surface area contributed by atoms with Crippen LogP contribution < -0.4 is 10.6 Å². The first-order valence-corrected chi connectivity index (χ1v) is 13.6. The summed E-state index contributed by atoms with van der Waals surface area (Å²) in [6, 6.07) is 17.9. The second-order valence-electron chi connectivity index (χ2n) is 10.1. The molecule has 3 aromatic carbocycles. The Labute approximate surface area is 216 Å². The van der Waals surface area contributed by atoms with Crippen molar-refractivity contribution in [2.45, 2.75) is 38.1 Å². The van der Waals surface area contributed by atoms with E-state index >= 15 is 0 Å². The van der Waals surface area contributed by atoms with E-state index in [2.05, 4.69) is 20.6 Å². The SMILES string of the molecule is CC(C)(C)CS(=O)(=O)c1cccc2c(NC(=O)[C@H](Cc3cnc[nH]3)NC(=O)c3ccccc3)cccc12. The van der Waals surface area contributed by atoms with Crippen molar-refractivity contribution in [3.05, 3.63) is 90.5 Å². The topological polar surface area (TPSA) is 121 Å². The lowest BCUT2D eigenvalue weighted by Gasteiger charge is -2.20. The summed E-state index contributed by atoms with van der Waals surface area (Å²) in [5.41, 5.74) is 1.16. The monoisotopic (exact) mass is 518 g/mol. The van der Waals surface area contributed by atoms with Crippen LogP contribution >= 0.6 is 0 Å². The molecule has 0 aliphatic heterocycles. The first-order valence-electron chi connectivity index (χ1n) is 11.9. The average molecular weight is 519 g/mol. The Morgan fingerprint density at radius 1 is 0.946 bits per heavy atom. The number of anilines is 1. The van der Waals surface area contributed by atoms with E-state index in [4.69, 9.17) is 0 Å². The third-order valence-corrected chi connectivity index (χ3v) is 8.01. The van der Waals surface area contributed by atoms with Gasteiger partial charge >= 0.3 is 0 Å². The molecule has 0 radical (unpaired) electrons. The highest BCUT2D eigenvalue weighted by molar-refractivity contribution is 7.91. The zero-order valence-corrected chi connectivity index (χ0v) is 21.8. The molecular formula is C28H30N4O4S. The number of H-pyrrole nitrogens is 1. The van der Waals surface area contributed by atoms with Gasteiger partial charge in [-0.3, -0.25) is 9.59 Å². The second kappa shape index (κ2) is 10.6. The van der Waals surface area contributed by atoms with Gasteiger partial charge in [0.2, 0.25) is 5.91 Å². The molecule has 3 N–H and O–H groups in total. The predicted molar refractivity (Wildman–Crippen MR) is 144 cm³/mol. The van der Waals surface area contributed by atoms with Crippen molar-refractivity contribution in [1.29, 1.82) is 0 Å². The first-order chi connectivity index (χ1) is 17.5. The average Bonchev–Trinajstić information content (AvgIpc) is 3.35. The summed E-state index contributed by atoms with van der Waals surface area (Å²) in [6.07, 6.45) is 3.30. The second-order valence-corrected chi connectivity index (χ2v) is 12.1. The molecular weight excluding hydrogens is 488 g/mol. The molecule has 9 heteroatoms. The molecule has 0 aliphatic rings. The molecule has 4 aromatic rings. The van der Waals surface area contributed by atoms with Crippen LogP contribution in [0.1, 0.15) is 36.8 Å². The third-order valence-electron chi connectivity index (χ3n) is 5.73. The largest absolute Gasteiger partial charge is 0.348 e. The molecule has 37 heavy (non-hydrogen) atoms. The van der Waals surface area contributed by atoms with Crippen LogP contribution in [0.15, 0.2) is 84.1 Å². The number of amides is 2. The molecule has 192 valence electrons. The number of imidazole rings is 1. The van der Waals surface area contributed by atoms with Gasteiger partial charge in [-0.05, 0) is 29.7 Å². The van der Waals surface area contributed by atoms with Gasteiger partial charge in [-0.2, -0.15) is 0 Å². The summed E-state index contributed by atoms with van der Waals surface area (Å²) in [5.74, 6) is -0.823. The maximum atomic E-state index is 13.4. The Morgan fingerprint density at radius 2 is 1.65 bits per heavy atom. The molecule has 0 fully saturated rings. The van der Waals surface area contributed by atoms with Gasteiger partial charge in [0, 0.05) is 40.3 Å².